The van der Waals surface area contributed by atoms with Crippen molar-refractivity contribution < 1.29 is 9.53 Å². The van der Waals surface area contributed by atoms with Gasteiger partial charge in [0.2, 0.25) is 5.91 Å². The number of aryl methyl sites for hydroxylation is 1. The van der Waals surface area contributed by atoms with Crippen LogP contribution < -0.4 is 10.1 Å². The number of nitriles is 1. The highest BCUT2D eigenvalue weighted by atomic mass is 16.5. The molecule has 0 aromatic heterocycles. The predicted molar refractivity (Wildman–Crippen MR) is 78.9 cm³/mol. The SMILES string of the molecule is N#Cc1ccccc1COc1ccc2c(c1)CCC(=O)N2. The first-order chi connectivity index (χ1) is 10.3. The van der Waals surface area contributed by atoms with Gasteiger partial charge in [0.05, 0.1) is 11.6 Å². The van der Waals surface area contributed by atoms with Gasteiger partial charge in [-0.2, -0.15) is 5.26 Å². The van der Waals surface area contributed by atoms with Crippen LogP contribution in [0.4, 0.5) is 5.69 Å². The van der Waals surface area contributed by atoms with Crippen molar-refractivity contribution in [1.82, 2.24) is 0 Å². The minimum absolute atomic E-state index is 0.0547. The summed E-state index contributed by atoms with van der Waals surface area (Å²) in [5, 5.41) is 11.9. The minimum Gasteiger partial charge on any atom is -0.489 e. The molecule has 2 aromatic rings. The molecule has 0 atom stereocenters. The molecule has 4 heteroatoms. The number of amides is 1. The Morgan fingerprint density at radius 1 is 1.19 bits per heavy atom. The summed E-state index contributed by atoms with van der Waals surface area (Å²) in [5.74, 6) is 0.803. The van der Waals surface area contributed by atoms with E-state index >= 15 is 0 Å². The van der Waals surface area contributed by atoms with Gasteiger partial charge < -0.3 is 10.1 Å². The fraction of sp³-hybridized carbons (Fsp3) is 0.176. The highest BCUT2D eigenvalue weighted by Crippen LogP contribution is 2.27. The molecular weight excluding hydrogens is 264 g/mol. The first kappa shape index (κ1) is 13.2. The average Bonchev–Trinajstić information content (AvgIpc) is 2.53. The molecule has 0 spiro atoms. The van der Waals surface area contributed by atoms with Crippen LogP contribution in [0.5, 0.6) is 5.75 Å². The maximum Gasteiger partial charge on any atom is 0.224 e. The van der Waals surface area contributed by atoms with E-state index in [0.717, 1.165) is 29.0 Å². The van der Waals surface area contributed by atoms with Gasteiger partial charge in [0.1, 0.15) is 12.4 Å². The van der Waals surface area contributed by atoms with E-state index in [1.807, 2.05) is 36.4 Å². The molecule has 1 N–H and O–H groups in total. The zero-order valence-electron chi connectivity index (χ0n) is 11.4. The van der Waals surface area contributed by atoms with Gasteiger partial charge >= 0.3 is 0 Å². The number of hydrogen-bond donors (Lipinski definition) is 1. The number of carbonyl (C=O) groups excluding carboxylic acids is 1. The molecule has 0 aliphatic carbocycles. The third-order valence-corrected chi connectivity index (χ3v) is 3.50. The highest BCUT2D eigenvalue weighted by molar-refractivity contribution is 5.93. The molecule has 1 aliphatic heterocycles. The quantitative estimate of drug-likeness (QED) is 0.938. The third-order valence-electron chi connectivity index (χ3n) is 3.50. The molecule has 2 aromatic carbocycles. The number of benzene rings is 2. The summed E-state index contributed by atoms with van der Waals surface area (Å²) < 4.78 is 5.76. The number of nitrogens with one attached hydrogen (secondary N) is 1. The van der Waals surface area contributed by atoms with Crippen molar-refractivity contribution in [3.63, 3.8) is 0 Å². The van der Waals surface area contributed by atoms with Crippen LogP contribution in [0, 0.1) is 11.3 Å². The van der Waals surface area contributed by atoms with Crippen molar-refractivity contribution in [2.24, 2.45) is 0 Å². The van der Waals surface area contributed by atoms with Gasteiger partial charge in [-0.05, 0) is 36.2 Å². The molecule has 0 bridgehead atoms. The Balaban J connectivity index is 1.74. The van der Waals surface area contributed by atoms with Crippen LogP contribution in [0.15, 0.2) is 42.5 Å². The molecule has 0 unspecified atom stereocenters. The second kappa shape index (κ2) is 5.68. The van der Waals surface area contributed by atoms with Gasteiger partial charge in [0.25, 0.3) is 0 Å². The molecule has 104 valence electrons. The number of hydrogen-bond acceptors (Lipinski definition) is 3. The molecular formula is C17H14N2O2. The maximum atomic E-state index is 11.3. The molecule has 1 aliphatic rings. The summed E-state index contributed by atoms with van der Waals surface area (Å²) in [7, 11) is 0. The number of carbonyl (C=O) groups is 1. The largest absolute Gasteiger partial charge is 0.489 e. The lowest BCUT2D eigenvalue weighted by atomic mass is 10.0. The van der Waals surface area contributed by atoms with Crippen LogP contribution in [0.25, 0.3) is 0 Å². The Labute approximate surface area is 123 Å². The lowest BCUT2D eigenvalue weighted by Crippen LogP contribution is -2.18. The van der Waals surface area contributed by atoms with Crippen molar-refractivity contribution in [1.29, 1.82) is 5.26 Å². The topological polar surface area (TPSA) is 62.1 Å². The van der Waals surface area contributed by atoms with Gasteiger partial charge in [-0.1, -0.05) is 18.2 Å². The van der Waals surface area contributed by atoms with Crippen molar-refractivity contribution in [2.45, 2.75) is 19.4 Å². The lowest BCUT2D eigenvalue weighted by molar-refractivity contribution is -0.116. The van der Waals surface area contributed by atoms with Crippen molar-refractivity contribution in [3.05, 3.63) is 59.2 Å². The second-order valence-electron chi connectivity index (χ2n) is 4.92. The van der Waals surface area contributed by atoms with E-state index < -0.39 is 0 Å². The monoisotopic (exact) mass is 278 g/mol. The van der Waals surface area contributed by atoms with Crippen molar-refractivity contribution in [2.75, 3.05) is 5.32 Å². The summed E-state index contributed by atoms with van der Waals surface area (Å²) in [4.78, 5) is 11.3. The van der Waals surface area contributed by atoms with E-state index in [4.69, 9.17) is 10.00 Å². The standard InChI is InChI=1S/C17H14N2O2/c18-10-13-3-1-2-4-14(13)11-21-15-6-7-16-12(9-15)5-8-17(20)19-16/h1-4,6-7,9H,5,8,11H2,(H,19,20). The molecule has 0 radical (unpaired) electrons. The van der Waals surface area contributed by atoms with Gasteiger partial charge in [0.15, 0.2) is 0 Å². The average molecular weight is 278 g/mol. The summed E-state index contributed by atoms with van der Waals surface area (Å²) >= 11 is 0. The molecule has 3 rings (SSSR count). The van der Waals surface area contributed by atoms with E-state index in [9.17, 15) is 4.79 Å². The lowest BCUT2D eigenvalue weighted by Gasteiger charge is -2.17. The summed E-state index contributed by atoms with van der Waals surface area (Å²) in [6.07, 6.45) is 1.24. The maximum absolute atomic E-state index is 11.3. The predicted octanol–water partition coefficient (Wildman–Crippen LogP) is 3.02. The normalized spacial score (nSPS) is 13.0. The highest BCUT2D eigenvalue weighted by Gasteiger charge is 2.15. The number of ether oxygens (including phenoxy) is 1. The number of rotatable bonds is 3. The summed E-state index contributed by atoms with van der Waals surface area (Å²) in [6.45, 7) is 0.356. The van der Waals surface area contributed by atoms with Crippen LogP contribution in [0.2, 0.25) is 0 Å². The van der Waals surface area contributed by atoms with E-state index in [1.54, 1.807) is 6.07 Å². The molecule has 21 heavy (non-hydrogen) atoms. The molecule has 1 amide bonds. The fourth-order valence-corrected chi connectivity index (χ4v) is 2.37. The number of nitrogens with zero attached hydrogens (tertiary/aromatic N) is 1. The Morgan fingerprint density at radius 3 is 2.90 bits per heavy atom. The first-order valence-electron chi connectivity index (χ1n) is 6.80. The zero-order valence-corrected chi connectivity index (χ0v) is 11.4. The zero-order chi connectivity index (χ0) is 14.7. The number of fused-ring (bicyclic) bond motifs is 1. The van der Waals surface area contributed by atoms with E-state index in [0.29, 0.717) is 18.6 Å². The van der Waals surface area contributed by atoms with Crippen LogP contribution in [0.3, 0.4) is 0 Å². The van der Waals surface area contributed by atoms with Crippen molar-refractivity contribution in [3.8, 4) is 11.8 Å². The minimum atomic E-state index is 0.0547. The smallest absolute Gasteiger partial charge is 0.224 e. The van der Waals surface area contributed by atoms with Crippen LogP contribution in [-0.2, 0) is 17.8 Å². The molecule has 0 saturated heterocycles. The number of anilines is 1. The van der Waals surface area contributed by atoms with E-state index in [2.05, 4.69) is 11.4 Å². The van der Waals surface area contributed by atoms with Gasteiger partial charge in [-0.25, -0.2) is 0 Å². The summed E-state index contributed by atoms with van der Waals surface area (Å²) in [5.41, 5.74) is 3.44. The van der Waals surface area contributed by atoms with Crippen LogP contribution in [0.1, 0.15) is 23.1 Å². The van der Waals surface area contributed by atoms with E-state index in [-0.39, 0.29) is 5.91 Å². The Morgan fingerprint density at radius 2 is 2.05 bits per heavy atom. The van der Waals surface area contributed by atoms with Gasteiger partial charge in [0, 0.05) is 17.7 Å². The first-order valence-corrected chi connectivity index (χ1v) is 6.80. The molecule has 0 saturated carbocycles. The van der Waals surface area contributed by atoms with Gasteiger partial charge in [-0.3, -0.25) is 4.79 Å². The fourth-order valence-electron chi connectivity index (χ4n) is 2.37. The molecule has 0 fully saturated rings. The molecule has 1 heterocycles. The van der Waals surface area contributed by atoms with Crippen LogP contribution >= 0.6 is 0 Å². The third kappa shape index (κ3) is 2.87. The molecule has 4 nitrogen and oxygen atoms in total. The second-order valence-corrected chi connectivity index (χ2v) is 4.92. The van der Waals surface area contributed by atoms with Gasteiger partial charge in [-0.15, -0.1) is 0 Å². The summed E-state index contributed by atoms with van der Waals surface area (Å²) in [6, 6.07) is 15.2. The van der Waals surface area contributed by atoms with E-state index in [1.165, 1.54) is 0 Å². The Kier molecular flexibility index (Phi) is 3.57. The van der Waals surface area contributed by atoms with Crippen molar-refractivity contribution >= 4 is 11.6 Å². The van der Waals surface area contributed by atoms with Crippen LogP contribution in [-0.4, -0.2) is 5.91 Å². The Hall–Kier alpha value is -2.80. The Bertz CT molecular complexity index is 732.